The van der Waals surface area contributed by atoms with Gasteiger partial charge in [-0.25, -0.2) is 9.98 Å². The van der Waals surface area contributed by atoms with Crippen LogP contribution in [0.3, 0.4) is 0 Å². The second-order valence-electron chi connectivity index (χ2n) is 1.49. The maximum atomic E-state index is 4.67. The predicted octanol–water partition coefficient (Wildman–Crippen LogP) is 2.25. The fourth-order valence-corrected chi connectivity index (χ4v) is 0.309. The summed E-state index contributed by atoms with van der Waals surface area (Å²) in [6.07, 6.45) is 0. The molecule has 0 aromatic rings. The Labute approximate surface area is 68.5 Å². The third-order valence-electron chi connectivity index (χ3n) is 0.604. The maximum Gasteiger partial charge on any atom is 0.315 e. The van der Waals surface area contributed by atoms with E-state index in [1.807, 2.05) is 13.8 Å². The molecule has 0 aliphatic carbocycles. The van der Waals surface area contributed by atoms with Gasteiger partial charge in [-0.05, 0) is 13.6 Å². The number of hydrogen-bond acceptors (Lipinski definition) is 2. The number of hydrogen-bond donors (Lipinski definition) is 0. The van der Waals surface area contributed by atoms with Gasteiger partial charge in [-0.1, -0.05) is 20.4 Å². The zero-order chi connectivity index (χ0) is 9.28. The van der Waals surface area contributed by atoms with Gasteiger partial charge in [0.15, 0.2) is 0 Å². The van der Waals surface area contributed by atoms with Crippen LogP contribution in [0.5, 0.6) is 0 Å². The smallest absolute Gasteiger partial charge is 0.315 e. The van der Waals surface area contributed by atoms with Crippen molar-refractivity contribution >= 4 is 12.7 Å². The second-order valence-corrected chi connectivity index (χ2v) is 1.49. The fourth-order valence-electron chi connectivity index (χ4n) is 0.309. The van der Waals surface area contributed by atoms with Crippen LogP contribution in [0.1, 0.15) is 20.8 Å². The van der Waals surface area contributed by atoms with E-state index < -0.39 is 0 Å². The van der Waals surface area contributed by atoms with Gasteiger partial charge in [0.2, 0.25) is 0 Å². The maximum absolute atomic E-state index is 4.67. The van der Waals surface area contributed by atoms with Gasteiger partial charge in [0.05, 0.1) is 7.11 Å². The van der Waals surface area contributed by atoms with Crippen molar-refractivity contribution in [3.8, 4) is 0 Å². The summed E-state index contributed by atoms with van der Waals surface area (Å²) < 4.78 is 4.67. The summed E-state index contributed by atoms with van der Waals surface area (Å²) in [6.45, 7) is 12.5. The highest BCUT2D eigenvalue weighted by atomic mass is 16.5. The third-order valence-corrected chi connectivity index (χ3v) is 0.604. The van der Waals surface area contributed by atoms with Gasteiger partial charge < -0.3 is 4.74 Å². The molecule has 3 nitrogen and oxygen atoms in total. The van der Waals surface area contributed by atoms with Crippen molar-refractivity contribution < 1.29 is 4.74 Å². The normalized spacial score (nSPS) is 9.27. The van der Waals surface area contributed by atoms with Gasteiger partial charge in [-0.2, -0.15) is 0 Å². The average molecular weight is 156 g/mol. The molecule has 11 heavy (non-hydrogen) atoms. The van der Waals surface area contributed by atoms with Gasteiger partial charge in [0.1, 0.15) is 0 Å². The summed E-state index contributed by atoms with van der Waals surface area (Å²) in [5, 5.41) is 0. The molecular weight excluding hydrogens is 140 g/mol. The monoisotopic (exact) mass is 156 g/mol. The van der Waals surface area contributed by atoms with Crippen LogP contribution >= 0.6 is 0 Å². The predicted molar refractivity (Wildman–Crippen MR) is 50.2 cm³/mol. The summed E-state index contributed by atoms with van der Waals surface area (Å²) in [7, 11) is 1.48. The van der Waals surface area contributed by atoms with Crippen LogP contribution in [0.15, 0.2) is 22.3 Å². The molecule has 0 aliphatic rings. The van der Waals surface area contributed by atoms with Crippen LogP contribution in [-0.4, -0.2) is 19.8 Å². The first-order valence-corrected chi connectivity index (χ1v) is 3.45. The zero-order valence-electron chi connectivity index (χ0n) is 7.72. The van der Waals surface area contributed by atoms with Crippen LogP contribution in [0.4, 0.5) is 0 Å². The van der Waals surface area contributed by atoms with Gasteiger partial charge in [-0.15, -0.1) is 0 Å². The van der Waals surface area contributed by atoms with E-state index >= 15 is 0 Å². The van der Waals surface area contributed by atoms with Crippen molar-refractivity contribution in [2.45, 2.75) is 20.8 Å². The van der Waals surface area contributed by atoms with Gasteiger partial charge in [0, 0.05) is 5.70 Å². The molecule has 0 spiro atoms. The summed E-state index contributed by atoms with van der Waals surface area (Å²) in [5.74, 6) is 0. The minimum absolute atomic E-state index is 0.252. The van der Waals surface area contributed by atoms with E-state index in [1.54, 1.807) is 6.92 Å². The molecule has 0 aromatic carbocycles. The molecule has 0 amide bonds. The van der Waals surface area contributed by atoms with E-state index in [4.69, 9.17) is 0 Å². The van der Waals surface area contributed by atoms with E-state index in [0.29, 0.717) is 5.70 Å². The van der Waals surface area contributed by atoms with Crippen molar-refractivity contribution in [1.29, 1.82) is 0 Å². The second kappa shape index (κ2) is 8.88. The standard InChI is InChI=1S/C6H10N2O.C2H6/c1-5(2)8-6(7-3)9-4;1-2/h1,3H2,2,4H3;1-2H3. The van der Waals surface area contributed by atoms with E-state index in [0.717, 1.165) is 0 Å². The lowest BCUT2D eigenvalue weighted by molar-refractivity contribution is 0.397. The molecule has 0 fully saturated rings. The SMILES string of the molecule is C=NC(=NC(=C)C)OC.CC. The highest BCUT2D eigenvalue weighted by Gasteiger charge is 1.88. The largest absolute Gasteiger partial charge is 0.467 e. The van der Waals surface area contributed by atoms with Crippen LogP contribution in [0, 0.1) is 0 Å². The molecule has 0 heterocycles. The Morgan fingerprint density at radius 3 is 1.91 bits per heavy atom. The molecule has 0 atom stereocenters. The van der Waals surface area contributed by atoms with Gasteiger partial charge in [0.25, 0.3) is 0 Å². The Hall–Kier alpha value is -1.12. The molecular formula is C8H16N2O. The molecule has 0 aliphatic heterocycles. The highest BCUT2D eigenvalue weighted by molar-refractivity contribution is 5.79. The molecule has 3 heteroatoms. The number of amidine groups is 1. The Balaban J connectivity index is 0. The lowest BCUT2D eigenvalue weighted by atomic mass is 10.6. The summed E-state index contributed by atoms with van der Waals surface area (Å²) in [4.78, 5) is 7.25. The molecule has 0 unspecified atom stereocenters. The summed E-state index contributed by atoms with van der Waals surface area (Å²) >= 11 is 0. The Morgan fingerprint density at radius 1 is 1.36 bits per heavy atom. The van der Waals surface area contributed by atoms with E-state index in [1.165, 1.54) is 7.11 Å². The quantitative estimate of drug-likeness (QED) is 0.423. The number of allylic oxidation sites excluding steroid dienone is 1. The Morgan fingerprint density at radius 2 is 1.82 bits per heavy atom. The molecule has 0 N–H and O–H groups in total. The minimum Gasteiger partial charge on any atom is -0.467 e. The first-order chi connectivity index (χ1) is 5.20. The van der Waals surface area contributed by atoms with Crippen molar-refractivity contribution in [2.75, 3.05) is 7.11 Å². The molecule has 0 rings (SSSR count). The average Bonchev–Trinajstić information content (AvgIpc) is 2.03. The molecule has 0 saturated heterocycles. The van der Waals surface area contributed by atoms with Crippen molar-refractivity contribution in [3.05, 3.63) is 12.3 Å². The number of ether oxygens (including phenoxy) is 1. The summed E-state index contributed by atoms with van der Waals surface area (Å²) in [6, 6.07) is 0.252. The fraction of sp³-hybridized carbons (Fsp3) is 0.500. The van der Waals surface area contributed by atoms with Crippen molar-refractivity contribution in [2.24, 2.45) is 9.98 Å². The van der Waals surface area contributed by atoms with E-state index in [2.05, 4.69) is 28.0 Å². The number of nitrogens with zero attached hydrogens (tertiary/aromatic N) is 2. The lowest BCUT2D eigenvalue weighted by Crippen LogP contribution is -1.95. The van der Waals surface area contributed by atoms with Gasteiger partial charge >= 0.3 is 6.02 Å². The number of rotatable bonds is 1. The van der Waals surface area contributed by atoms with Gasteiger partial charge in [-0.3, -0.25) is 0 Å². The number of aliphatic imine (C=N–C) groups is 2. The molecule has 0 bridgehead atoms. The molecule has 0 saturated carbocycles. The lowest BCUT2D eigenvalue weighted by Gasteiger charge is -1.94. The molecule has 0 radical (unpaired) electrons. The van der Waals surface area contributed by atoms with Crippen LogP contribution in [-0.2, 0) is 4.74 Å². The topological polar surface area (TPSA) is 34.0 Å². The zero-order valence-corrected chi connectivity index (χ0v) is 7.72. The third kappa shape index (κ3) is 8.88. The first kappa shape index (κ1) is 12.5. The Kier molecular flexibility index (Phi) is 10.1. The Bertz CT molecular complexity index is 150. The van der Waals surface area contributed by atoms with Crippen molar-refractivity contribution in [1.82, 2.24) is 0 Å². The first-order valence-electron chi connectivity index (χ1n) is 3.45. The van der Waals surface area contributed by atoms with E-state index in [9.17, 15) is 0 Å². The summed E-state index contributed by atoms with van der Waals surface area (Å²) in [5.41, 5.74) is 0.652. The van der Waals surface area contributed by atoms with Crippen LogP contribution < -0.4 is 0 Å². The molecule has 64 valence electrons. The van der Waals surface area contributed by atoms with E-state index in [-0.39, 0.29) is 6.02 Å². The number of methoxy groups -OCH3 is 1. The van der Waals surface area contributed by atoms with Crippen LogP contribution in [0.25, 0.3) is 0 Å². The highest BCUT2D eigenvalue weighted by Crippen LogP contribution is 1.91. The minimum atomic E-state index is 0.252. The molecule has 0 aromatic heterocycles. The van der Waals surface area contributed by atoms with Crippen molar-refractivity contribution in [3.63, 3.8) is 0 Å². The van der Waals surface area contributed by atoms with Crippen LogP contribution in [0.2, 0.25) is 0 Å².